The highest BCUT2D eigenvalue weighted by Gasteiger charge is 2.21. The van der Waals surface area contributed by atoms with Crippen LogP contribution in [0.2, 0.25) is 0 Å². The fourth-order valence-electron chi connectivity index (χ4n) is 2.56. The first-order valence-corrected chi connectivity index (χ1v) is 10.4. The van der Waals surface area contributed by atoms with Crippen molar-refractivity contribution in [1.29, 1.82) is 0 Å². The van der Waals surface area contributed by atoms with E-state index in [9.17, 15) is 9.00 Å². The maximum absolute atomic E-state index is 12.9. The van der Waals surface area contributed by atoms with Gasteiger partial charge in [-0.25, -0.2) is 18.5 Å². The standard InChI is InChI=1S/C18H29N3O5S/c1-12(2)8-13(21-17(22)26-18(3,4)5)10-20-27(19,23)14-6-7-15-16(9-14)25-11-24-15/h6-7,9,12-13H,8,10-11H2,1-5H3,(H,21,22)(H2,19,20,23)/t13-,27?/m0/s1. The van der Waals surface area contributed by atoms with Gasteiger partial charge >= 0.3 is 6.09 Å². The van der Waals surface area contributed by atoms with E-state index in [4.69, 9.17) is 19.3 Å². The Balaban J connectivity index is 2.13. The molecule has 0 aromatic heterocycles. The van der Waals surface area contributed by atoms with Gasteiger partial charge in [0.25, 0.3) is 0 Å². The zero-order chi connectivity index (χ0) is 20.2. The van der Waals surface area contributed by atoms with Crippen LogP contribution in [-0.2, 0) is 14.7 Å². The van der Waals surface area contributed by atoms with Crippen molar-refractivity contribution in [3.63, 3.8) is 0 Å². The Bertz CT molecular complexity index is 795. The van der Waals surface area contributed by atoms with Crippen LogP contribution in [0.5, 0.6) is 11.5 Å². The molecule has 1 aromatic rings. The number of carbonyl (C=O) groups is 1. The van der Waals surface area contributed by atoms with E-state index >= 15 is 0 Å². The van der Waals surface area contributed by atoms with Gasteiger partial charge in [-0.15, -0.1) is 0 Å². The molecule has 0 aliphatic carbocycles. The molecule has 1 aliphatic rings. The molecule has 2 atom stereocenters. The smallest absolute Gasteiger partial charge is 0.407 e. The molecule has 9 heteroatoms. The lowest BCUT2D eigenvalue weighted by Crippen LogP contribution is -2.41. The Hall–Kier alpha value is -2.00. The number of rotatable bonds is 6. The van der Waals surface area contributed by atoms with E-state index < -0.39 is 21.6 Å². The van der Waals surface area contributed by atoms with Gasteiger partial charge in [-0.3, -0.25) is 0 Å². The predicted molar refractivity (Wildman–Crippen MR) is 103 cm³/mol. The van der Waals surface area contributed by atoms with Gasteiger partial charge in [-0.2, -0.15) is 0 Å². The van der Waals surface area contributed by atoms with Gasteiger partial charge in [0.2, 0.25) is 6.79 Å². The fourth-order valence-corrected chi connectivity index (χ4v) is 3.65. The van der Waals surface area contributed by atoms with E-state index in [1.165, 1.54) is 0 Å². The number of nitrogens with zero attached hydrogens (tertiary/aromatic N) is 1. The molecule has 0 bridgehead atoms. The molecule has 0 radical (unpaired) electrons. The number of hydrogen-bond acceptors (Lipinski definition) is 6. The fraction of sp³-hybridized carbons (Fsp3) is 0.611. The van der Waals surface area contributed by atoms with Crippen molar-refractivity contribution >= 4 is 16.0 Å². The summed E-state index contributed by atoms with van der Waals surface area (Å²) in [7, 11) is -3.14. The molecule has 1 aliphatic heterocycles. The number of ether oxygens (including phenoxy) is 3. The number of benzene rings is 1. The molecule has 0 spiro atoms. The van der Waals surface area contributed by atoms with Crippen LogP contribution in [0.1, 0.15) is 41.0 Å². The molecule has 152 valence electrons. The molecule has 1 aromatic carbocycles. The lowest BCUT2D eigenvalue weighted by molar-refractivity contribution is 0.0501. The van der Waals surface area contributed by atoms with Crippen LogP contribution in [0.3, 0.4) is 0 Å². The lowest BCUT2D eigenvalue weighted by Gasteiger charge is -2.24. The van der Waals surface area contributed by atoms with Gasteiger partial charge in [-0.1, -0.05) is 13.8 Å². The zero-order valence-corrected chi connectivity index (χ0v) is 17.3. The average molecular weight is 400 g/mol. The normalized spacial score (nSPS) is 16.6. The van der Waals surface area contributed by atoms with Crippen LogP contribution in [0.25, 0.3) is 0 Å². The molecule has 8 nitrogen and oxygen atoms in total. The van der Waals surface area contributed by atoms with Gasteiger partial charge in [0, 0.05) is 6.07 Å². The van der Waals surface area contributed by atoms with Crippen molar-refractivity contribution < 1.29 is 23.2 Å². The number of carbonyl (C=O) groups excluding carboxylic acids is 1. The van der Waals surface area contributed by atoms with Gasteiger partial charge < -0.3 is 19.5 Å². The minimum Gasteiger partial charge on any atom is -0.454 e. The molecule has 0 fully saturated rings. The minimum atomic E-state index is -3.14. The summed E-state index contributed by atoms with van der Waals surface area (Å²) >= 11 is 0. The third-order valence-corrected chi connectivity index (χ3v) is 5.11. The molecular formula is C18H29N3O5S. The number of hydrogen-bond donors (Lipinski definition) is 2. The maximum Gasteiger partial charge on any atom is 0.407 e. The number of nitrogens with one attached hydrogen (secondary N) is 1. The molecule has 27 heavy (non-hydrogen) atoms. The first kappa shape index (κ1) is 21.3. The Kier molecular flexibility index (Phi) is 6.59. The van der Waals surface area contributed by atoms with E-state index in [1.807, 2.05) is 13.8 Å². The number of nitrogens with two attached hydrogens (primary N) is 1. The van der Waals surface area contributed by atoms with Crippen LogP contribution in [-0.4, -0.2) is 35.3 Å². The predicted octanol–water partition coefficient (Wildman–Crippen LogP) is 3.06. The summed E-state index contributed by atoms with van der Waals surface area (Å²) in [5.41, 5.74) is -0.600. The van der Waals surface area contributed by atoms with Crippen molar-refractivity contribution in [2.45, 2.75) is 57.6 Å². The maximum atomic E-state index is 12.9. The van der Waals surface area contributed by atoms with E-state index in [0.29, 0.717) is 28.7 Å². The van der Waals surface area contributed by atoms with Gasteiger partial charge in [0.1, 0.15) is 15.5 Å². The molecule has 0 saturated carbocycles. The lowest BCUT2D eigenvalue weighted by atomic mass is 10.0. The molecule has 3 N–H and O–H groups in total. The Morgan fingerprint density at radius 2 is 2.00 bits per heavy atom. The van der Waals surface area contributed by atoms with E-state index in [-0.39, 0.29) is 19.4 Å². The monoisotopic (exact) mass is 399 g/mol. The molecule has 1 heterocycles. The Morgan fingerprint density at radius 1 is 1.33 bits per heavy atom. The highest BCUT2D eigenvalue weighted by atomic mass is 32.2. The summed E-state index contributed by atoms with van der Waals surface area (Å²) in [5.74, 6) is 1.38. The second kappa shape index (κ2) is 8.35. The van der Waals surface area contributed by atoms with Crippen LogP contribution in [0.4, 0.5) is 4.79 Å². The quantitative estimate of drug-likeness (QED) is 0.763. The second-order valence-electron chi connectivity index (χ2n) is 7.87. The van der Waals surface area contributed by atoms with E-state index in [2.05, 4.69) is 9.68 Å². The van der Waals surface area contributed by atoms with Crippen LogP contribution in [0.15, 0.2) is 27.5 Å². The van der Waals surface area contributed by atoms with Crippen molar-refractivity contribution in [3.05, 3.63) is 18.2 Å². The Labute approximate surface area is 161 Å². The first-order chi connectivity index (χ1) is 12.5. The van der Waals surface area contributed by atoms with Crippen molar-refractivity contribution in [2.75, 3.05) is 13.3 Å². The van der Waals surface area contributed by atoms with E-state index in [0.717, 1.165) is 0 Å². The molecule has 1 amide bonds. The van der Waals surface area contributed by atoms with Crippen LogP contribution in [0, 0.1) is 5.92 Å². The summed E-state index contributed by atoms with van der Waals surface area (Å²) < 4.78 is 32.9. The van der Waals surface area contributed by atoms with E-state index in [1.54, 1.807) is 39.0 Å². The topological polar surface area (TPSA) is 112 Å². The SMILES string of the molecule is CC(C)C[C@@H](CN=S(N)(=O)c1ccc2c(c1)OCO2)NC(=O)OC(C)(C)C. The highest BCUT2D eigenvalue weighted by molar-refractivity contribution is 7.91. The zero-order valence-electron chi connectivity index (χ0n) is 16.5. The highest BCUT2D eigenvalue weighted by Crippen LogP contribution is 2.33. The number of alkyl carbamates (subject to hydrolysis) is 1. The second-order valence-corrected chi connectivity index (χ2v) is 9.73. The third kappa shape index (κ3) is 6.59. The van der Waals surface area contributed by atoms with Crippen molar-refractivity contribution in [3.8, 4) is 11.5 Å². The van der Waals surface area contributed by atoms with Crippen molar-refractivity contribution in [2.24, 2.45) is 15.4 Å². The Morgan fingerprint density at radius 3 is 2.63 bits per heavy atom. The summed E-state index contributed by atoms with van der Waals surface area (Å²) in [4.78, 5) is 12.4. The molecule has 0 saturated heterocycles. The van der Waals surface area contributed by atoms with Gasteiger partial charge in [-0.05, 0) is 45.2 Å². The summed E-state index contributed by atoms with van der Waals surface area (Å²) in [6.45, 7) is 9.67. The van der Waals surface area contributed by atoms with Gasteiger partial charge in [0.05, 0.1) is 17.5 Å². The summed E-state index contributed by atoms with van der Waals surface area (Å²) in [5, 5.41) is 8.75. The summed E-state index contributed by atoms with van der Waals surface area (Å²) in [6.07, 6.45) is 0.120. The van der Waals surface area contributed by atoms with Crippen LogP contribution < -0.4 is 19.9 Å². The minimum absolute atomic E-state index is 0.112. The molecule has 1 unspecified atom stereocenters. The van der Waals surface area contributed by atoms with Crippen molar-refractivity contribution in [1.82, 2.24) is 5.32 Å². The van der Waals surface area contributed by atoms with Gasteiger partial charge in [0.15, 0.2) is 11.5 Å². The first-order valence-electron chi connectivity index (χ1n) is 8.86. The number of fused-ring (bicyclic) bond motifs is 1. The third-order valence-electron chi connectivity index (χ3n) is 3.65. The largest absolute Gasteiger partial charge is 0.454 e. The van der Waals surface area contributed by atoms with Crippen LogP contribution >= 0.6 is 0 Å². The average Bonchev–Trinajstić information content (AvgIpc) is 2.97. The molecule has 2 rings (SSSR count). The molecular weight excluding hydrogens is 370 g/mol. The number of amides is 1. The summed E-state index contributed by atoms with van der Waals surface area (Å²) in [6, 6.07) is 4.51.